The molecule has 124 valence electrons. The zero-order valence-electron chi connectivity index (χ0n) is 13.7. The van der Waals surface area contributed by atoms with Crippen molar-refractivity contribution in [3.8, 4) is 0 Å². The first kappa shape index (κ1) is 17.4. The van der Waals surface area contributed by atoms with Crippen molar-refractivity contribution in [1.82, 2.24) is 10.2 Å². The highest BCUT2D eigenvalue weighted by molar-refractivity contribution is 5.23. The van der Waals surface area contributed by atoms with E-state index < -0.39 is 11.8 Å². The van der Waals surface area contributed by atoms with E-state index in [4.69, 9.17) is 0 Å². The summed E-state index contributed by atoms with van der Waals surface area (Å²) in [7, 11) is 0. The smallest absolute Gasteiger partial charge is 0.267 e. The minimum Gasteiger partial charge on any atom is -0.317 e. The Morgan fingerprint density at radius 1 is 1.05 bits per heavy atom. The molecule has 2 saturated heterocycles. The monoisotopic (exact) mass is 310 g/mol. The first-order valence-corrected chi connectivity index (χ1v) is 8.54. The van der Waals surface area contributed by atoms with Gasteiger partial charge in [0.15, 0.2) is 0 Å². The van der Waals surface area contributed by atoms with E-state index in [0.717, 1.165) is 38.0 Å². The van der Waals surface area contributed by atoms with Gasteiger partial charge in [0.2, 0.25) is 0 Å². The molecule has 0 aromatic heterocycles. The van der Waals surface area contributed by atoms with E-state index in [1.807, 2.05) is 49.1 Å². The molecule has 4 heteroatoms. The van der Waals surface area contributed by atoms with Crippen LogP contribution in [0.5, 0.6) is 0 Å². The Bertz CT molecular complexity index is 430. The highest BCUT2D eigenvalue weighted by atomic mass is 19.3. The Balaban J connectivity index is 0.000000847. The maximum atomic E-state index is 14.5. The molecule has 1 N–H and O–H groups in total. The van der Waals surface area contributed by atoms with Gasteiger partial charge in [0.05, 0.1) is 12.5 Å². The molecule has 2 nitrogen and oxygen atoms in total. The van der Waals surface area contributed by atoms with E-state index in [9.17, 15) is 8.78 Å². The van der Waals surface area contributed by atoms with Crippen LogP contribution in [-0.4, -0.2) is 43.0 Å². The Kier molecular flexibility index (Phi) is 6.33. The molecule has 0 spiro atoms. The van der Waals surface area contributed by atoms with E-state index in [1.165, 1.54) is 0 Å². The third kappa shape index (κ3) is 4.05. The van der Waals surface area contributed by atoms with Gasteiger partial charge in [0.25, 0.3) is 5.92 Å². The number of alkyl halides is 2. The fourth-order valence-corrected chi connectivity index (χ4v) is 3.55. The van der Waals surface area contributed by atoms with Crippen LogP contribution < -0.4 is 5.32 Å². The van der Waals surface area contributed by atoms with Crippen LogP contribution in [0.1, 0.15) is 44.6 Å². The first-order chi connectivity index (χ1) is 10.7. The molecule has 0 bridgehead atoms. The van der Waals surface area contributed by atoms with Gasteiger partial charge in [-0.1, -0.05) is 44.2 Å². The lowest BCUT2D eigenvalue weighted by Crippen LogP contribution is -2.53. The Hall–Kier alpha value is -1.00. The van der Waals surface area contributed by atoms with Gasteiger partial charge in [-0.25, -0.2) is 8.78 Å². The summed E-state index contributed by atoms with van der Waals surface area (Å²) < 4.78 is 29.0. The van der Waals surface area contributed by atoms with Crippen LogP contribution in [0.3, 0.4) is 0 Å². The van der Waals surface area contributed by atoms with Crippen molar-refractivity contribution >= 4 is 0 Å². The maximum absolute atomic E-state index is 14.5. The number of rotatable bonds is 2. The van der Waals surface area contributed by atoms with Crippen LogP contribution in [0.2, 0.25) is 0 Å². The van der Waals surface area contributed by atoms with Gasteiger partial charge in [0, 0.05) is 6.04 Å². The summed E-state index contributed by atoms with van der Waals surface area (Å²) in [6.45, 7) is 6.61. The minimum atomic E-state index is -2.62. The molecule has 2 aliphatic rings. The second-order valence-electron chi connectivity index (χ2n) is 5.96. The molecule has 1 aromatic rings. The average Bonchev–Trinajstić information content (AvgIpc) is 2.57. The molecule has 0 radical (unpaired) electrons. The fourth-order valence-electron chi connectivity index (χ4n) is 3.55. The number of hydrogen-bond donors (Lipinski definition) is 1. The molecule has 2 aliphatic heterocycles. The van der Waals surface area contributed by atoms with Crippen molar-refractivity contribution in [2.45, 2.75) is 51.0 Å². The van der Waals surface area contributed by atoms with Crippen molar-refractivity contribution in [2.24, 2.45) is 0 Å². The molecule has 1 atom stereocenters. The number of hydrogen-bond acceptors (Lipinski definition) is 2. The number of benzene rings is 1. The summed E-state index contributed by atoms with van der Waals surface area (Å²) in [6.07, 6.45) is 2.54. The molecule has 2 heterocycles. The summed E-state index contributed by atoms with van der Waals surface area (Å²) in [5.74, 6) is -3.24. The predicted octanol–water partition coefficient (Wildman–Crippen LogP) is 3.89. The highest BCUT2D eigenvalue weighted by Gasteiger charge is 2.46. The van der Waals surface area contributed by atoms with Crippen LogP contribution in [-0.2, 0) is 0 Å². The molecule has 2 fully saturated rings. The third-order valence-electron chi connectivity index (χ3n) is 4.66. The van der Waals surface area contributed by atoms with Crippen LogP contribution >= 0.6 is 0 Å². The quantitative estimate of drug-likeness (QED) is 0.891. The average molecular weight is 310 g/mol. The van der Waals surface area contributed by atoms with Crippen LogP contribution in [0.15, 0.2) is 30.3 Å². The lowest BCUT2D eigenvalue weighted by atomic mass is 9.85. The van der Waals surface area contributed by atoms with Gasteiger partial charge in [-0.3, -0.25) is 4.90 Å². The summed E-state index contributed by atoms with van der Waals surface area (Å²) in [6, 6.07) is 9.58. The van der Waals surface area contributed by atoms with E-state index in [-0.39, 0.29) is 6.54 Å². The molecule has 0 saturated carbocycles. The van der Waals surface area contributed by atoms with Crippen LogP contribution in [0.25, 0.3) is 0 Å². The first-order valence-electron chi connectivity index (χ1n) is 8.54. The van der Waals surface area contributed by atoms with E-state index in [2.05, 4.69) is 5.32 Å². The topological polar surface area (TPSA) is 15.3 Å². The lowest BCUT2D eigenvalue weighted by Gasteiger charge is -2.43. The van der Waals surface area contributed by atoms with Gasteiger partial charge in [-0.15, -0.1) is 0 Å². The molecule has 1 aromatic carbocycles. The number of piperidine rings is 2. The van der Waals surface area contributed by atoms with Crippen LogP contribution in [0, 0.1) is 0 Å². The van der Waals surface area contributed by atoms with Gasteiger partial charge in [0.1, 0.15) is 0 Å². The number of nitrogens with zero attached hydrogens (tertiary/aromatic N) is 1. The Morgan fingerprint density at radius 3 is 2.27 bits per heavy atom. The summed E-state index contributed by atoms with van der Waals surface area (Å²) >= 11 is 0. The number of nitrogens with one attached hydrogen (secondary N) is 1. The molecular weight excluding hydrogens is 282 g/mol. The summed E-state index contributed by atoms with van der Waals surface area (Å²) in [5, 5.41) is 3.29. The van der Waals surface area contributed by atoms with Crippen LogP contribution in [0.4, 0.5) is 8.78 Å². The standard InChI is InChI=1S/C16H22F2N2.C2H6/c17-16(18)12-20(14-6-9-19-10-7-14)11-8-15(16)13-4-2-1-3-5-13;1-2/h1-5,14-15,19H,6-12H2;1-2H3. The van der Waals surface area contributed by atoms with Crippen molar-refractivity contribution in [2.75, 3.05) is 26.2 Å². The SMILES string of the molecule is CC.FC1(F)CN(C2CCNCC2)CCC1c1ccccc1. The van der Waals surface area contributed by atoms with Crippen molar-refractivity contribution in [3.63, 3.8) is 0 Å². The number of likely N-dealkylation sites (tertiary alicyclic amines) is 1. The zero-order valence-corrected chi connectivity index (χ0v) is 13.7. The van der Waals surface area contributed by atoms with Gasteiger partial charge in [-0.05, 0) is 44.5 Å². The maximum Gasteiger partial charge on any atom is 0.267 e. The van der Waals surface area contributed by atoms with E-state index in [0.29, 0.717) is 12.5 Å². The molecular formula is C18H28F2N2. The normalized spacial score (nSPS) is 26.1. The van der Waals surface area contributed by atoms with Crippen molar-refractivity contribution < 1.29 is 8.78 Å². The van der Waals surface area contributed by atoms with Crippen molar-refractivity contribution in [3.05, 3.63) is 35.9 Å². The Morgan fingerprint density at radius 2 is 1.68 bits per heavy atom. The minimum absolute atomic E-state index is 0.0861. The highest BCUT2D eigenvalue weighted by Crippen LogP contribution is 2.41. The third-order valence-corrected chi connectivity index (χ3v) is 4.66. The summed E-state index contributed by atoms with van der Waals surface area (Å²) in [5.41, 5.74) is 0.780. The molecule has 0 aliphatic carbocycles. The fraction of sp³-hybridized carbons (Fsp3) is 0.667. The van der Waals surface area contributed by atoms with Crippen molar-refractivity contribution in [1.29, 1.82) is 0 Å². The van der Waals surface area contributed by atoms with Gasteiger partial charge < -0.3 is 5.32 Å². The molecule has 3 rings (SSSR count). The predicted molar refractivity (Wildman–Crippen MR) is 87.6 cm³/mol. The second kappa shape index (κ2) is 8.02. The van der Waals surface area contributed by atoms with Gasteiger partial charge in [-0.2, -0.15) is 0 Å². The molecule has 1 unspecified atom stereocenters. The van der Waals surface area contributed by atoms with E-state index >= 15 is 0 Å². The molecule has 0 amide bonds. The lowest BCUT2D eigenvalue weighted by molar-refractivity contribution is -0.0951. The zero-order chi connectivity index (χ0) is 16.0. The van der Waals surface area contributed by atoms with E-state index in [1.54, 1.807) is 0 Å². The number of halogens is 2. The Labute approximate surface area is 132 Å². The summed E-state index contributed by atoms with van der Waals surface area (Å²) in [4.78, 5) is 2.01. The molecule has 22 heavy (non-hydrogen) atoms. The largest absolute Gasteiger partial charge is 0.317 e. The second-order valence-corrected chi connectivity index (χ2v) is 5.96. The van der Waals surface area contributed by atoms with Gasteiger partial charge >= 0.3 is 0 Å².